The molecule has 1 aliphatic heterocycles. The Morgan fingerprint density at radius 2 is 1.89 bits per heavy atom. The molecule has 0 aromatic heterocycles. The Hall–Kier alpha value is -1.06. The van der Waals surface area contributed by atoms with Crippen LogP contribution in [0.25, 0.3) is 0 Å². The second-order valence-corrected chi connectivity index (χ2v) is 6.24. The van der Waals surface area contributed by atoms with Gasteiger partial charge in [0.25, 0.3) is 0 Å². The molecule has 0 unspecified atom stereocenters. The van der Waals surface area contributed by atoms with Crippen LogP contribution >= 0.6 is 24.0 Å². The van der Waals surface area contributed by atoms with Crippen LogP contribution in [-0.4, -0.2) is 58.1 Å². The molecule has 2 N–H and O–H groups in total. The van der Waals surface area contributed by atoms with Crippen LogP contribution in [0.4, 0.5) is 0 Å². The van der Waals surface area contributed by atoms with Gasteiger partial charge in [-0.15, -0.1) is 24.0 Å². The lowest BCUT2D eigenvalue weighted by Crippen LogP contribution is -2.38. The van der Waals surface area contributed by atoms with Gasteiger partial charge < -0.3 is 24.8 Å². The first-order valence-corrected chi connectivity index (χ1v) is 9.78. The van der Waals surface area contributed by atoms with E-state index >= 15 is 0 Å². The van der Waals surface area contributed by atoms with Crippen molar-refractivity contribution < 1.29 is 14.2 Å². The van der Waals surface area contributed by atoms with Gasteiger partial charge in [-0.3, -0.25) is 4.99 Å². The Balaban J connectivity index is 0.00000364. The first-order valence-electron chi connectivity index (χ1n) is 9.78. The zero-order valence-corrected chi connectivity index (χ0v) is 18.7. The molecule has 1 saturated heterocycles. The van der Waals surface area contributed by atoms with Gasteiger partial charge in [0, 0.05) is 45.9 Å². The third-order valence-corrected chi connectivity index (χ3v) is 4.06. The van der Waals surface area contributed by atoms with Crippen molar-refractivity contribution in [2.24, 2.45) is 4.99 Å². The average molecular weight is 491 g/mol. The number of hydrogen-bond donors (Lipinski definition) is 2. The highest BCUT2D eigenvalue weighted by Gasteiger charge is 2.13. The molecule has 0 bridgehead atoms. The largest absolute Gasteiger partial charge is 0.494 e. The summed E-state index contributed by atoms with van der Waals surface area (Å²) in [6.07, 6.45) is 4.26. The van der Waals surface area contributed by atoms with Crippen LogP contribution in [0.2, 0.25) is 0 Å². The summed E-state index contributed by atoms with van der Waals surface area (Å²) in [5.41, 5.74) is 0. The van der Waals surface area contributed by atoms with Gasteiger partial charge >= 0.3 is 0 Å². The zero-order chi connectivity index (χ0) is 18.3. The second kappa shape index (κ2) is 15.9. The summed E-state index contributed by atoms with van der Waals surface area (Å²) >= 11 is 0. The summed E-state index contributed by atoms with van der Waals surface area (Å²) in [5, 5.41) is 6.63. The van der Waals surface area contributed by atoms with Crippen molar-refractivity contribution in [1.29, 1.82) is 0 Å². The number of benzene rings is 1. The Morgan fingerprint density at radius 3 is 2.63 bits per heavy atom. The molecule has 1 aliphatic rings. The van der Waals surface area contributed by atoms with Gasteiger partial charge in [-0.1, -0.05) is 18.2 Å². The number of para-hydroxylation sites is 1. The molecule has 6 nitrogen and oxygen atoms in total. The summed E-state index contributed by atoms with van der Waals surface area (Å²) in [6.45, 7) is 7.63. The van der Waals surface area contributed by atoms with Gasteiger partial charge in [0.05, 0.1) is 12.7 Å². The van der Waals surface area contributed by atoms with E-state index in [9.17, 15) is 0 Å². The van der Waals surface area contributed by atoms with E-state index in [1.165, 1.54) is 0 Å². The number of nitrogens with one attached hydrogen (secondary N) is 2. The molecule has 1 aromatic carbocycles. The first-order chi connectivity index (χ1) is 12.9. The molecule has 0 saturated carbocycles. The lowest BCUT2D eigenvalue weighted by molar-refractivity contribution is -0.0320. The topological polar surface area (TPSA) is 64.1 Å². The number of nitrogens with zero attached hydrogens (tertiary/aromatic N) is 1. The average Bonchev–Trinajstić information content (AvgIpc) is 2.69. The predicted molar refractivity (Wildman–Crippen MR) is 120 cm³/mol. The van der Waals surface area contributed by atoms with Gasteiger partial charge in [-0.05, 0) is 38.3 Å². The minimum absolute atomic E-state index is 0. The quantitative estimate of drug-likeness (QED) is 0.216. The number of rotatable bonds is 11. The SMILES string of the molecule is CCNC(=NCCCOc1ccccc1)NCCCOC1CCOCC1.I. The van der Waals surface area contributed by atoms with Crippen LogP contribution in [0.1, 0.15) is 32.6 Å². The van der Waals surface area contributed by atoms with Gasteiger partial charge in [-0.25, -0.2) is 0 Å². The molecular weight excluding hydrogens is 457 g/mol. The highest BCUT2D eigenvalue weighted by molar-refractivity contribution is 14.0. The van der Waals surface area contributed by atoms with E-state index in [1.54, 1.807) is 0 Å². The van der Waals surface area contributed by atoms with Crippen molar-refractivity contribution in [3.8, 4) is 5.75 Å². The maximum Gasteiger partial charge on any atom is 0.191 e. The van der Waals surface area contributed by atoms with E-state index in [-0.39, 0.29) is 24.0 Å². The minimum Gasteiger partial charge on any atom is -0.494 e. The zero-order valence-electron chi connectivity index (χ0n) is 16.3. The van der Waals surface area contributed by atoms with Crippen molar-refractivity contribution in [3.63, 3.8) is 0 Å². The number of hydrogen-bond acceptors (Lipinski definition) is 4. The highest BCUT2D eigenvalue weighted by atomic mass is 127. The van der Waals surface area contributed by atoms with Crippen LogP contribution in [0.3, 0.4) is 0 Å². The van der Waals surface area contributed by atoms with E-state index in [2.05, 4.69) is 22.5 Å². The maximum absolute atomic E-state index is 5.88. The summed E-state index contributed by atoms with van der Waals surface area (Å²) < 4.78 is 16.9. The predicted octanol–water partition coefficient (Wildman–Crippen LogP) is 3.21. The molecular formula is C20H34IN3O3. The second-order valence-electron chi connectivity index (χ2n) is 6.24. The van der Waals surface area contributed by atoms with Gasteiger partial charge in [0.1, 0.15) is 5.75 Å². The smallest absolute Gasteiger partial charge is 0.191 e. The molecule has 1 aromatic rings. The monoisotopic (exact) mass is 491 g/mol. The Labute approximate surface area is 180 Å². The fourth-order valence-corrected chi connectivity index (χ4v) is 2.68. The van der Waals surface area contributed by atoms with Crippen molar-refractivity contribution in [2.45, 2.75) is 38.7 Å². The number of guanidine groups is 1. The van der Waals surface area contributed by atoms with Gasteiger partial charge in [0.2, 0.25) is 0 Å². The number of halogens is 1. The molecule has 1 heterocycles. The van der Waals surface area contributed by atoms with Crippen molar-refractivity contribution >= 4 is 29.9 Å². The van der Waals surface area contributed by atoms with Crippen LogP contribution in [0.5, 0.6) is 5.75 Å². The Kier molecular flexibility index (Phi) is 14.2. The molecule has 0 atom stereocenters. The summed E-state index contributed by atoms with van der Waals surface area (Å²) in [6, 6.07) is 9.88. The third-order valence-electron chi connectivity index (χ3n) is 4.06. The molecule has 0 spiro atoms. The number of ether oxygens (including phenoxy) is 3. The first kappa shape index (κ1) is 24.0. The van der Waals surface area contributed by atoms with Gasteiger partial charge in [-0.2, -0.15) is 0 Å². The van der Waals surface area contributed by atoms with E-state index in [0.717, 1.165) is 76.8 Å². The van der Waals surface area contributed by atoms with E-state index in [0.29, 0.717) is 12.7 Å². The van der Waals surface area contributed by atoms with Crippen LogP contribution in [-0.2, 0) is 9.47 Å². The summed E-state index contributed by atoms with van der Waals surface area (Å²) in [4.78, 5) is 4.59. The Morgan fingerprint density at radius 1 is 1.11 bits per heavy atom. The lowest BCUT2D eigenvalue weighted by atomic mass is 10.1. The van der Waals surface area contributed by atoms with Gasteiger partial charge in [0.15, 0.2) is 5.96 Å². The molecule has 1 fully saturated rings. The molecule has 2 rings (SSSR count). The van der Waals surface area contributed by atoms with Crippen LogP contribution < -0.4 is 15.4 Å². The molecule has 0 aliphatic carbocycles. The van der Waals surface area contributed by atoms with E-state index in [4.69, 9.17) is 14.2 Å². The van der Waals surface area contributed by atoms with Crippen LogP contribution in [0, 0.1) is 0 Å². The molecule has 27 heavy (non-hydrogen) atoms. The van der Waals surface area contributed by atoms with Crippen molar-refractivity contribution in [3.05, 3.63) is 30.3 Å². The molecule has 0 radical (unpaired) electrons. The fraction of sp³-hybridized carbons (Fsp3) is 0.650. The number of aliphatic imine (C=N–C) groups is 1. The minimum atomic E-state index is 0. The molecule has 154 valence electrons. The normalized spacial score (nSPS) is 15.1. The van der Waals surface area contributed by atoms with Crippen LogP contribution in [0.15, 0.2) is 35.3 Å². The molecule has 0 amide bonds. The highest BCUT2D eigenvalue weighted by Crippen LogP contribution is 2.10. The maximum atomic E-state index is 5.88. The van der Waals surface area contributed by atoms with Crippen molar-refractivity contribution in [2.75, 3.05) is 46.1 Å². The van der Waals surface area contributed by atoms with E-state index < -0.39 is 0 Å². The fourth-order valence-electron chi connectivity index (χ4n) is 2.68. The van der Waals surface area contributed by atoms with Crippen molar-refractivity contribution in [1.82, 2.24) is 10.6 Å². The third kappa shape index (κ3) is 11.4. The Bertz CT molecular complexity index is 497. The summed E-state index contributed by atoms with van der Waals surface area (Å²) in [7, 11) is 0. The molecule has 7 heteroatoms. The summed E-state index contributed by atoms with van der Waals surface area (Å²) in [5.74, 6) is 1.77. The standard InChI is InChI=1S/C20H33N3O3.HI/c1-2-21-20(22-12-6-14-25-18-8-4-3-5-9-18)23-13-7-15-26-19-10-16-24-17-11-19;/h3-5,8-9,19H,2,6-7,10-17H2,1H3,(H2,21,22,23);1H. The van der Waals surface area contributed by atoms with E-state index in [1.807, 2.05) is 30.3 Å². The lowest BCUT2D eigenvalue weighted by Gasteiger charge is -2.22.